The first-order valence-corrected chi connectivity index (χ1v) is 7.60. The average molecular weight is 361 g/mol. The molecule has 1 amide bonds. The Labute approximate surface area is 135 Å². The van der Waals surface area contributed by atoms with Gasteiger partial charge in [0, 0.05) is 15.4 Å². The number of halogens is 2. The van der Waals surface area contributed by atoms with Crippen molar-refractivity contribution in [3.05, 3.63) is 63.5 Å². The fraction of sp³-hybridized carbons (Fsp3) is 0.118. The molecule has 0 bridgehead atoms. The molecule has 112 valence electrons. The highest BCUT2D eigenvalue weighted by Gasteiger charge is 2.13. The molecule has 5 heteroatoms. The normalized spacial score (nSPS) is 10.9. The van der Waals surface area contributed by atoms with Gasteiger partial charge in [-0.25, -0.2) is 4.39 Å². The van der Waals surface area contributed by atoms with Crippen molar-refractivity contribution in [2.75, 3.05) is 5.32 Å². The van der Waals surface area contributed by atoms with E-state index in [2.05, 4.69) is 32.3 Å². The first-order valence-electron chi connectivity index (χ1n) is 6.80. The van der Waals surface area contributed by atoms with Crippen molar-refractivity contribution in [2.45, 2.75) is 13.8 Å². The van der Waals surface area contributed by atoms with Crippen LogP contribution >= 0.6 is 15.9 Å². The molecule has 0 saturated carbocycles. The van der Waals surface area contributed by atoms with Gasteiger partial charge in [0.15, 0.2) is 0 Å². The number of fused-ring (bicyclic) bond motifs is 1. The molecule has 2 N–H and O–H groups in total. The number of rotatable bonds is 2. The Bertz CT molecular complexity index is 886. The van der Waals surface area contributed by atoms with Gasteiger partial charge in [0.2, 0.25) is 0 Å². The predicted octanol–water partition coefficient (Wildman–Crippen LogP) is 4.94. The predicted molar refractivity (Wildman–Crippen MR) is 89.8 cm³/mol. The number of benzene rings is 2. The molecular formula is C17H14BrFN2O. The standard InChI is InChI=1S/C17H14BrFN2O/c1-9-5-10(2)12-8-16(20-15(12)6-9)17(22)21-14-4-3-11(18)7-13(14)19/h3-8,20H,1-2H3,(H,21,22). The van der Waals surface area contributed by atoms with Crippen LogP contribution in [0.4, 0.5) is 10.1 Å². The summed E-state index contributed by atoms with van der Waals surface area (Å²) in [6, 6.07) is 10.4. The molecule has 22 heavy (non-hydrogen) atoms. The van der Waals surface area contributed by atoms with E-state index in [4.69, 9.17) is 0 Å². The molecule has 0 aliphatic rings. The molecule has 3 aromatic rings. The Morgan fingerprint density at radius 1 is 1.18 bits per heavy atom. The number of aryl methyl sites for hydroxylation is 2. The smallest absolute Gasteiger partial charge is 0.272 e. The van der Waals surface area contributed by atoms with Crippen LogP contribution in [0.5, 0.6) is 0 Å². The monoisotopic (exact) mass is 360 g/mol. The van der Waals surface area contributed by atoms with Crippen molar-refractivity contribution < 1.29 is 9.18 Å². The van der Waals surface area contributed by atoms with Crippen molar-refractivity contribution in [3.63, 3.8) is 0 Å². The van der Waals surface area contributed by atoms with Gasteiger partial charge in [-0.05, 0) is 55.3 Å². The lowest BCUT2D eigenvalue weighted by molar-refractivity contribution is 0.102. The van der Waals surface area contributed by atoms with Gasteiger partial charge in [0.25, 0.3) is 5.91 Å². The van der Waals surface area contributed by atoms with Crippen LogP contribution in [0, 0.1) is 19.7 Å². The van der Waals surface area contributed by atoms with Gasteiger partial charge in [0.05, 0.1) is 5.69 Å². The number of carbonyl (C=O) groups is 1. The quantitative estimate of drug-likeness (QED) is 0.667. The van der Waals surface area contributed by atoms with Gasteiger partial charge < -0.3 is 10.3 Å². The molecule has 3 nitrogen and oxygen atoms in total. The molecule has 0 aliphatic carbocycles. The summed E-state index contributed by atoms with van der Waals surface area (Å²) in [6.07, 6.45) is 0. The number of hydrogen-bond donors (Lipinski definition) is 2. The van der Waals surface area contributed by atoms with Crippen LogP contribution in [0.1, 0.15) is 21.6 Å². The molecule has 0 fully saturated rings. The Kier molecular flexibility index (Phi) is 3.74. The highest BCUT2D eigenvalue weighted by Crippen LogP contribution is 2.23. The maximum absolute atomic E-state index is 13.8. The third kappa shape index (κ3) is 2.76. The van der Waals surface area contributed by atoms with Gasteiger partial charge in [-0.1, -0.05) is 22.0 Å². The Balaban J connectivity index is 1.93. The topological polar surface area (TPSA) is 44.9 Å². The second-order valence-corrected chi connectivity index (χ2v) is 6.22. The van der Waals surface area contributed by atoms with Crippen molar-refractivity contribution in [3.8, 4) is 0 Å². The zero-order valence-electron chi connectivity index (χ0n) is 12.1. The Hall–Kier alpha value is -2.14. The van der Waals surface area contributed by atoms with E-state index in [1.54, 1.807) is 12.1 Å². The summed E-state index contributed by atoms with van der Waals surface area (Å²) < 4.78 is 14.4. The third-order valence-electron chi connectivity index (χ3n) is 3.51. The zero-order valence-corrected chi connectivity index (χ0v) is 13.7. The van der Waals surface area contributed by atoms with Crippen LogP contribution in [0.2, 0.25) is 0 Å². The number of H-pyrrole nitrogens is 1. The van der Waals surface area contributed by atoms with Gasteiger partial charge >= 0.3 is 0 Å². The number of anilines is 1. The summed E-state index contributed by atoms with van der Waals surface area (Å²) in [7, 11) is 0. The first-order chi connectivity index (χ1) is 10.4. The summed E-state index contributed by atoms with van der Waals surface area (Å²) in [5.74, 6) is -0.847. The van der Waals surface area contributed by atoms with E-state index < -0.39 is 5.82 Å². The maximum Gasteiger partial charge on any atom is 0.272 e. The van der Waals surface area contributed by atoms with Crippen LogP contribution in [0.25, 0.3) is 10.9 Å². The van der Waals surface area contributed by atoms with Gasteiger partial charge in [-0.3, -0.25) is 4.79 Å². The summed E-state index contributed by atoms with van der Waals surface area (Å²) in [5, 5.41) is 3.58. The molecule has 0 saturated heterocycles. The van der Waals surface area contributed by atoms with E-state index in [0.29, 0.717) is 10.2 Å². The molecule has 0 unspecified atom stereocenters. The molecule has 0 spiro atoms. The van der Waals surface area contributed by atoms with E-state index in [1.807, 2.05) is 19.9 Å². The maximum atomic E-state index is 13.8. The fourth-order valence-electron chi connectivity index (χ4n) is 2.50. The van der Waals surface area contributed by atoms with Gasteiger partial charge in [-0.2, -0.15) is 0 Å². The molecule has 2 aromatic carbocycles. The molecule has 1 heterocycles. The largest absolute Gasteiger partial charge is 0.351 e. The van der Waals surface area contributed by atoms with Gasteiger partial charge in [0.1, 0.15) is 11.5 Å². The van der Waals surface area contributed by atoms with Crippen LogP contribution in [-0.4, -0.2) is 10.9 Å². The van der Waals surface area contributed by atoms with Crippen molar-refractivity contribution in [1.29, 1.82) is 0 Å². The highest BCUT2D eigenvalue weighted by atomic mass is 79.9. The lowest BCUT2D eigenvalue weighted by Gasteiger charge is -2.05. The van der Waals surface area contributed by atoms with E-state index in [-0.39, 0.29) is 11.6 Å². The molecular weight excluding hydrogens is 347 g/mol. The lowest BCUT2D eigenvalue weighted by Crippen LogP contribution is -2.13. The Morgan fingerprint density at radius 2 is 1.95 bits per heavy atom. The summed E-state index contributed by atoms with van der Waals surface area (Å²) in [5.41, 5.74) is 3.68. The number of carbonyl (C=O) groups excluding carboxylic acids is 1. The van der Waals surface area contributed by atoms with E-state index in [1.165, 1.54) is 12.1 Å². The van der Waals surface area contributed by atoms with Crippen LogP contribution in [0.15, 0.2) is 40.9 Å². The van der Waals surface area contributed by atoms with Crippen molar-refractivity contribution in [2.24, 2.45) is 0 Å². The Morgan fingerprint density at radius 3 is 2.68 bits per heavy atom. The third-order valence-corrected chi connectivity index (χ3v) is 4.01. The molecule has 3 rings (SSSR count). The number of hydrogen-bond acceptors (Lipinski definition) is 1. The van der Waals surface area contributed by atoms with E-state index in [9.17, 15) is 9.18 Å². The minimum atomic E-state index is -0.481. The fourth-order valence-corrected chi connectivity index (χ4v) is 2.84. The molecule has 0 atom stereocenters. The van der Waals surface area contributed by atoms with Gasteiger partial charge in [-0.15, -0.1) is 0 Å². The number of aromatic nitrogens is 1. The summed E-state index contributed by atoms with van der Waals surface area (Å²) in [4.78, 5) is 15.4. The van der Waals surface area contributed by atoms with E-state index >= 15 is 0 Å². The van der Waals surface area contributed by atoms with Crippen LogP contribution < -0.4 is 5.32 Å². The van der Waals surface area contributed by atoms with Crippen molar-refractivity contribution in [1.82, 2.24) is 4.98 Å². The highest BCUT2D eigenvalue weighted by molar-refractivity contribution is 9.10. The second-order valence-electron chi connectivity index (χ2n) is 5.30. The van der Waals surface area contributed by atoms with Crippen molar-refractivity contribution >= 4 is 38.4 Å². The SMILES string of the molecule is Cc1cc(C)c2cc(C(=O)Nc3ccc(Br)cc3F)[nH]c2c1. The number of aromatic amines is 1. The minimum Gasteiger partial charge on any atom is -0.351 e. The molecule has 0 aliphatic heterocycles. The van der Waals surface area contributed by atoms with E-state index in [0.717, 1.165) is 22.0 Å². The average Bonchev–Trinajstić information content (AvgIpc) is 2.86. The number of nitrogens with one attached hydrogen (secondary N) is 2. The zero-order chi connectivity index (χ0) is 15.9. The van der Waals surface area contributed by atoms with Crippen LogP contribution in [-0.2, 0) is 0 Å². The minimum absolute atomic E-state index is 0.153. The first kappa shape index (κ1) is 14.8. The molecule has 1 aromatic heterocycles. The lowest BCUT2D eigenvalue weighted by atomic mass is 10.1. The number of amides is 1. The molecule has 0 radical (unpaired) electrons. The second kappa shape index (κ2) is 5.57. The summed E-state index contributed by atoms with van der Waals surface area (Å²) >= 11 is 3.19. The van der Waals surface area contributed by atoms with Crippen LogP contribution in [0.3, 0.4) is 0 Å². The summed E-state index contributed by atoms with van der Waals surface area (Å²) in [6.45, 7) is 4.00.